The van der Waals surface area contributed by atoms with E-state index >= 15 is 0 Å². The Labute approximate surface area is 123 Å². The number of rotatable bonds is 2. The SMILES string of the molecule is C[C@@H]1CC2(CCCN2Cc2ccccc2)C[C@H]1C.Cl. The molecule has 1 aliphatic heterocycles. The van der Waals surface area contributed by atoms with Gasteiger partial charge in [0.05, 0.1) is 0 Å². The highest BCUT2D eigenvalue weighted by atomic mass is 35.5. The van der Waals surface area contributed by atoms with Crippen molar-refractivity contribution in [3.63, 3.8) is 0 Å². The Hall–Kier alpha value is -0.530. The third kappa shape index (κ3) is 2.83. The van der Waals surface area contributed by atoms with Gasteiger partial charge in [-0.1, -0.05) is 44.2 Å². The number of hydrogen-bond acceptors (Lipinski definition) is 1. The normalized spacial score (nSPS) is 29.6. The van der Waals surface area contributed by atoms with E-state index in [0.29, 0.717) is 5.54 Å². The van der Waals surface area contributed by atoms with Crippen molar-refractivity contribution in [2.75, 3.05) is 6.54 Å². The predicted octanol–water partition coefficient (Wildman–Crippen LogP) is 4.51. The zero-order chi connectivity index (χ0) is 12.6. The van der Waals surface area contributed by atoms with Crippen molar-refractivity contribution in [3.05, 3.63) is 35.9 Å². The lowest BCUT2D eigenvalue weighted by Crippen LogP contribution is -2.41. The molecule has 0 aromatic heterocycles. The molecule has 1 aliphatic carbocycles. The van der Waals surface area contributed by atoms with E-state index in [2.05, 4.69) is 49.1 Å². The van der Waals surface area contributed by atoms with Crippen molar-refractivity contribution >= 4 is 12.4 Å². The molecule has 1 aromatic rings. The molecule has 1 saturated carbocycles. The van der Waals surface area contributed by atoms with Crippen molar-refractivity contribution in [1.82, 2.24) is 4.90 Å². The van der Waals surface area contributed by atoms with Crippen molar-refractivity contribution in [2.45, 2.75) is 51.6 Å². The fourth-order valence-electron chi connectivity index (χ4n) is 4.19. The van der Waals surface area contributed by atoms with Gasteiger partial charge in [-0.05, 0) is 49.6 Å². The van der Waals surface area contributed by atoms with Crippen LogP contribution in [-0.2, 0) is 6.54 Å². The van der Waals surface area contributed by atoms with Gasteiger partial charge in [-0.2, -0.15) is 0 Å². The second-order valence-electron chi connectivity index (χ2n) is 6.60. The number of halogens is 1. The van der Waals surface area contributed by atoms with Gasteiger partial charge >= 0.3 is 0 Å². The lowest BCUT2D eigenvalue weighted by molar-refractivity contribution is 0.129. The molecule has 3 rings (SSSR count). The maximum absolute atomic E-state index is 2.78. The second kappa shape index (κ2) is 5.85. The van der Waals surface area contributed by atoms with Gasteiger partial charge in [-0.25, -0.2) is 0 Å². The minimum Gasteiger partial charge on any atom is -0.293 e. The average molecular weight is 280 g/mol. The number of hydrogen-bond donors (Lipinski definition) is 0. The van der Waals surface area contributed by atoms with Crippen LogP contribution >= 0.6 is 12.4 Å². The first-order valence-electron chi connectivity index (χ1n) is 7.49. The van der Waals surface area contributed by atoms with Gasteiger partial charge in [-0.15, -0.1) is 12.4 Å². The van der Waals surface area contributed by atoms with E-state index in [4.69, 9.17) is 0 Å². The molecular formula is C17H26ClN. The van der Waals surface area contributed by atoms with Crippen molar-refractivity contribution < 1.29 is 0 Å². The van der Waals surface area contributed by atoms with Gasteiger partial charge in [0.1, 0.15) is 0 Å². The topological polar surface area (TPSA) is 3.24 Å². The monoisotopic (exact) mass is 279 g/mol. The van der Waals surface area contributed by atoms with Gasteiger partial charge in [-0.3, -0.25) is 4.90 Å². The molecule has 0 amide bonds. The molecule has 1 heterocycles. The van der Waals surface area contributed by atoms with E-state index in [9.17, 15) is 0 Å². The molecule has 2 fully saturated rings. The molecule has 106 valence electrons. The lowest BCUT2D eigenvalue weighted by Gasteiger charge is -2.35. The standard InChI is InChI=1S/C17H25N.ClH/c1-14-11-17(12-15(14)2)9-6-10-18(17)13-16-7-4-3-5-8-16;/h3-5,7-8,14-15H,6,9-13H2,1-2H3;1H/t14-,15-;/m1./s1. The first-order valence-corrected chi connectivity index (χ1v) is 7.49. The zero-order valence-corrected chi connectivity index (χ0v) is 13.0. The molecule has 1 saturated heterocycles. The molecule has 1 spiro atoms. The van der Waals surface area contributed by atoms with Crippen LogP contribution in [0.25, 0.3) is 0 Å². The fraction of sp³-hybridized carbons (Fsp3) is 0.647. The Bertz CT molecular complexity index is 393. The van der Waals surface area contributed by atoms with Crippen LogP contribution in [0.3, 0.4) is 0 Å². The zero-order valence-electron chi connectivity index (χ0n) is 12.1. The first kappa shape index (κ1) is 14.9. The van der Waals surface area contributed by atoms with Crippen molar-refractivity contribution in [1.29, 1.82) is 0 Å². The highest BCUT2D eigenvalue weighted by Crippen LogP contribution is 2.48. The Kier molecular flexibility index (Phi) is 4.58. The van der Waals surface area contributed by atoms with Crippen LogP contribution in [0, 0.1) is 11.8 Å². The molecule has 0 bridgehead atoms. The summed E-state index contributed by atoms with van der Waals surface area (Å²) < 4.78 is 0. The molecule has 2 atom stereocenters. The van der Waals surface area contributed by atoms with E-state index in [0.717, 1.165) is 18.4 Å². The maximum atomic E-state index is 2.78. The largest absolute Gasteiger partial charge is 0.293 e. The highest BCUT2D eigenvalue weighted by molar-refractivity contribution is 5.85. The molecule has 2 aliphatic rings. The smallest absolute Gasteiger partial charge is 0.0239 e. The van der Waals surface area contributed by atoms with E-state index in [-0.39, 0.29) is 12.4 Å². The summed E-state index contributed by atoms with van der Waals surface area (Å²) in [7, 11) is 0. The van der Waals surface area contributed by atoms with Crippen LogP contribution in [-0.4, -0.2) is 17.0 Å². The minimum absolute atomic E-state index is 0. The molecule has 0 unspecified atom stereocenters. The molecule has 0 radical (unpaired) electrons. The molecule has 1 aromatic carbocycles. The van der Waals surface area contributed by atoms with Gasteiger partial charge < -0.3 is 0 Å². The summed E-state index contributed by atoms with van der Waals surface area (Å²) in [6.45, 7) is 7.34. The summed E-state index contributed by atoms with van der Waals surface area (Å²) in [4.78, 5) is 2.78. The average Bonchev–Trinajstić information content (AvgIpc) is 2.86. The molecular weight excluding hydrogens is 254 g/mol. The summed E-state index contributed by atoms with van der Waals surface area (Å²) in [5.41, 5.74) is 2.01. The van der Waals surface area contributed by atoms with E-state index < -0.39 is 0 Å². The Morgan fingerprint density at radius 3 is 2.37 bits per heavy atom. The predicted molar refractivity (Wildman–Crippen MR) is 83.6 cm³/mol. The summed E-state index contributed by atoms with van der Waals surface area (Å²) >= 11 is 0. The van der Waals surface area contributed by atoms with Crippen LogP contribution in [0.2, 0.25) is 0 Å². The van der Waals surface area contributed by atoms with E-state index in [1.807, 2.05) is 0 Å². The molecule has 2 heteroatoms. The van der Waals surface area contributed by atoms with Crippen LogP contribution in [0.15, 0.2) is 30.3 Å². The van der Waals surface area contributed by atoms with Crippen LogP contribution in [0.5, 0.6) is 0 Å². The fourth-order valence-corrected chi connectivity index (χ4v) is 4.19. The lowest BCUT2D eigenvalue weighted by atomic mass is 9.92. The van der Waals surface area contributed by atoms with Gasteiger partial charge in [0, 0.05) is 12.1 Å². The van der Waals surface area contributed by atoms with Gasteiger partial charge in [0.2, 0.25) is 0 Å². The van der Waals surface area contributed by atoms with Crippen LogP contribution < -0.4 is 0 Å². The summed E-state index contributed by atoms with van der Waals surface area (Å²) in [6.07, 6.45) is 5.66. The molecule has 19 heavy (non-hydrogen) atoms. The van der Waals surface area contributed by atoms with Gasteiger partial charge in [0.25, 0.3) is 0 Å². The number of benzene rings is 1. The van der Waals surface area contributed by atoms with Gasteiger partial charge in [0.15, 0.2) is 0 Å². The third-order valence-electron chi connectivity index (χ3n) is 5.33. The summed E-state index contributed by atoms with van der Waals surface area (Å²) in [5.74, 6) is 1.81. The van der Waals surface area contributed by atoms with Crippen molar-refractivity contribution in [2.24, 2.45) is 11.8 Å². The second-order valence-corrected chi connectivity index (χ2v) is 6.60. The Morgan fingerprint density at radius 1 is 1.11 bits per heavy atom. The highest BCUT2D eigenvalue weighted by Gasteiger charge is 2.47. The molecule has 1 nitrogen and oxygen atoms in total. The van der Waals surface area contributed by atoms with E-state index in [1.54, 1.807) is 0 Å². The third-order valence-corrected chi connectivity index (χ3v) is 5.33. The van der Waals surface area contributed by atoms with Crippen LogP contribution in [0.4, 0.5) is 0 Å². The van der Waals surface area contributed by atoms with Crippen LogP contribution in [0.1, 0.15) is 45.1 Å². The number of likely N-dealkylation sites (tertiary alicyclic amines) is 1. The Morgan fingerprint density at radius 2 is 1.74 bits per heavy atom. The summed E-state index contributed by atoms with van der Waals surface area (Å²) in [6, 6.07) is 11.0. The number of nitrogens with zero attached hydrogens (tertiary/aromatic N) is 1. The Balaban J connectivity index is 0.00000133. The summed E-state index contributed by atoms with van der Waals surface area (Å²) in [5, 5.41) is 0. The first-order chi connectivity index (χ1) is 8.70. The maximum Gasteiger partial charge on any atom is 0.0239 e. The molecule has 0 N–H and O–H groups in total. The van der Waals surface area contributed by atoms with E-state index in [1.165, 1.54) is 37.8 Å². The minimum atomic E-state index is 0. The van der Waals surface area contributed by atoms with Crippen molar-refractivity contribution in [3.8, 4) is 0 Å². The quantitative estimate of drug-likeness (QED) is 0.770.